The Bertz CT molecular complexity index is 847. The highest BCUT2D eigenvalue weighted by Gasteiger charge is 2.27. The predicted octanol–water partition coefficient (Wildman–Crippen LogP) is 2.62. The number of imidazole rings is 1. The normalized spacial score (nSPS) is 16.9. The van der Waals surface area contributed by atoms with Gasteiger partial charge < -0.3 is 19.9 Å². The van der Waals surface area contributed by atoms with Crippen molar-refractivity contribution in [3.63, 3.8) is 0 Å². The van der Waals surface area contributed by atoms with Gasteiger partial charge in [0.1, 0.15) is 5.65 Å². The van der Waals surface area contributed by atoms with Crippen molar-refractivity contribution in [2.75, 3.05) is 26.2 Å². The zero-order valence-corrected chi connectivity index (χ0v) is 20.1. The van der Waals surface area contributed by atoms with Gasteiger partial charge in [-0.1, -0.05) is 19.9 Å². The smallest absolute Gasteiger partial charge is 0.225 e. The average Bonchev–Trinajstić information content (AvgIpc) is 3.28. The van der Waals surface area contributed by atoms with Gasteiger partial charge in [-0.3, -0.25) is 9.79 Å². The Kier molecular flexibility index (Phi) is 8.73. The van der Waals surface area contributed by atoms with Gasteiger partial charge in [-0.25, -0.2) is 4.98 Å². The van der Waals surface area contributed by atoms with E-state index in [-0.39, 0.29) is 41.8 Å². The number of nitrogens with one attached hydrogen (secondary N) is 2. The fourth-order valence-electron chi connectivity index (χ4n) is 3.56. The number of guanidine groups is 1. The van der Waals surface area contributed by atoms with Gasteiger partial charge in [0.05, 0.1) is 5.69 Å². The number of amides is 1. The Morgan fingerprint density at radius 3 is 2.90 bits per heavy atom. The van der Waals surface area contributed by atoms with Crippen LogP contribution in [0.15, 0.2) is 29.5 Å². The van der Waals surface area contributed by atoms with E-state index in [0.717, 1.165) is 49.8 Å². The first kappa shape index (κ1) is 23.4. The molecule has 29 heavy (non-hydrogen) atoms. The Labute approximate surface area is 190 Å². The molecule has 2 aromatic rings. The van der Waals surface area contributed by atoms with Crippen molar-refractivity contribution in [3.8, 4) is 0 Å². The first-order valence-corrected chi connectivity index (χ1v) is 10.2. The number of hydrogen-bond acceptors (Lipinski definition) is 3. The number of carbonyl (C=O) groups excluding carboxylic acids is 1. The maximum atomic E-state index is 12.2. The SMILES string of the molecule is CCNC(=NCCc1cn2cccc(C)c2n1)NC1CCN(C(=O)C(C)C)C1.I. The molecule has 1 atom stereocenters. The molecular formula is C21H33IN6O. The molecule has 3 rings (SSSR count). The second kappa shape index (κ2) is 10.8. The first-order chi connectivity index (χ1) is 13.5. The van der Waals surface area contributed by atoms with Crippen LogP contribution in [-0.2, 0) is 11.2 Å². The number of aryl methyl sites for hydroxylation is 1. The highest BCUT2D eigenvalue weighted by atomic mass is 127. The van der Waals surface area contributed by atoms with Crippen molar-refractivity contribution in [3.05, 3.63) is 35.8 Å². The van der Waals surface area contributed by atoms with Gasteiger partial charge in [0.15, 0.2) is 5.96 Å². The summed E-state index contributed by atoms with van der Waals surface area (Å²) in [5.74, 6) is 1.09. The second-order valence-electron chi connectivity index (χ2n) is 7.73. The summed E-state index contributed by atoms with van der Waals surface area (Å²) < 4.78 is 2.07. The summed E-state index contributed by atoms with van der Waals surface area (Å²) in [7, 11) is 0. The molecule has 0 radical (unpaired) electrons. The van der Waals surface area contributed by atoms with Crippen LogP contribution in [0.2, 0.25) is 0 Å². The van der Waals surface area contributed by atoms with Crippen molar-refractivity contribution in [2.24, 2.45) is 10.9 Å². The maximum Gasteiger partial charge on any atom is 0.225 e. The predicted molar refractivity (Wildman–Crippen MR) is 128 cm³/mol. The molecule has 1 aliphatic rings. The van der Waals surface area contributed by atoms with E-state index < -0.39 is 0 Å². The number of aliphatic imine (C=N–C) groups is 1. The minimum absolute atomic E-state index is 0. The van der Waals surface area contributed by atoms with E-state index in [1.165, 1.54) is 5.56 Å². The number of nitrogens with zero attached hydrogens (tertiary/aromatic N) is 4. The van der Waals surface area contributed by atoms with E-state index in [4.69, 9.17) is 9.98 Å². The monoisotopic (exact) mass is 512 g/mol. The first-order valence-electron chi connectivity index (χ1n) is 10.2. The molecule has 0 aromatic carbocycles. The van der Waals surface area contributed by atoms with Crippen molar-refractivity contribution in [1.29, 1.82) is 0 Å². The van der Waals surface area contributed by atoms with E-state index in [9.17, 15) is 4.79 Å². The minimum Gasteiger partial charge on any atom is -0.357 e. The highest BCUT2D eigenvalue weighted by molar-refractivity contribution is 14.0. The number of fused-ring (bicyclic) bond motifs is 1. The molecule has 1 unspecified atom stereocenters. The molecule has 1 aliphatic heterocycles. The largest absolute Gasteiger partial charge is 0.357 e. The number of aromatic nitrogens is 2. The van der Waals surface area contributed by atoms with Gasteiger partial charge in [-0.05, 0) is 31.9 Å². The molecule has 2 N–H and O–H groups in total. The zero-order chi connectivity index (χ0) is 20.1. The summed E-state index contributed by atoms with van der Waals surface area (Å²) in [6.07, 6.45) is 5.84. The minimum atomic E-state index is 0. The van der Waals surface area contributed by atoms with Crippen LogP contribution in [0.5, 0.6) is 0 Å². The molecule has 0 aliphatic carbocycles. The number of halogens is 1. The fraction of sp³-hybridized carbons (Fsp3) is 0.571. The summed E-state index contributed by atoms with van der Waals surface area (Å²) in [5, 5.41) is 6.79. The Hall–Kier alpha value is -1.84. The number of pyridine rings is 1. The van der Waals surface area contributed by atoms with Gasteiger partial charge in [0, 0.05) is 57.0 Å². The molecular weight excluding hydrogens is 479 g/mol. The fourth-order valence-corrected chi connectivity index (χ4v) is 3.56. The van der Waals surface area contributed by atoms with Crippen molar-refractivity contribution in [1.82, 2.24) is 24.9 Å². The van der Waals surface area contributed by atoms with Crippen LogP contribution in [0.3, 0.4) is 0 Å². The lowest BCUT2D eigenvalue weighted by Crippen LogP contribution is -2.45. The molecule has 8 heteroatoms. The van der Waals surface area contributed by atoms with Crippen LogP contribution in [-0.4, -0.2) is 58.4 Å². The van der Waals surface area contributed by atoms with E-state index in [2.05, 4.69) is 41.1 Å². The van der Waals surface area contributed by atoms with Gasteiger partial charge in [0.2, 0.25) is 5.91 Å². The van der Waals surface area contributed by atoms with Crippen molar-refractivity contribution in [2.45, 2.75) is 46.6 Å². The molecule has 1 amide bonds. The lowest BCUT2D eigenvalue weighted by atomic mass is 10.2. The van der Waals surface area contributed by atoms with Gasteiger partial charge in [-0.2, -0.15) is 0 Å². The van der Waals surface area contributed by atoms with Gasteiger partial charge >= 0.3 is 0 Å². The number of rotatable bonds is 6. The third-order valence-electron chi connectivity index (χ3n) is 5.04. The summed E-state index contributed by atoms with van der Waals surface area (Å²) in [4.78, 5) is 23.5. The maximum absolute atomic E-state index is 12.2. The average molecular weight is 512 g/mol. The molecule has 160 valence electrons. The summed E-state index contributed by atoms with van der Waals surface area (Å²) in [6, 6.07) is 4.36. The van der Waals surface area contributed by atoms with E-state index in [1.54, 1.807) is 0 Å². The van der Waals surface area contributed by atoms with Gasteiger partial charge in [0.25, 0.3) is 0 Å². The lowest BCUT2D eigenvalue weighted by Gasteiger charge is -2.20. The topological polar surface area (TPSA) is 74.0 Å². The Morgan fingerprint density at radius 2 is 2.21 bits per heavy atom. The quantitative estimate of drug-likeness (QED) is 0.355. The Morgan fingerprint density at radius 1 is 1.41 bits per heavy atom. The van der Waals surface area contributed by atoms with Crippen LogP contribution in [0.4, 0.5) is 0 Å². The van der Waals surface area contributed by atoms with Crippen molar-refractivity contribution < 1.29 is 4.79 Å². The van der Waals surface area contributed by atoms with Crippen molar-refractivity contribution >= 4 is 41.5 Å². The molecule has 2 aromatic heterocycles. The van der Waals surface area contributed by atoms with Crippen LogP contribution >= 0.6 is 24.0 Å². The standard InChI is InChI=1S/C21H32N6O.HI/c1-5-22-21(25-18-9-12-27(14-18)20(28)15(2)3)23-10-8-17-13-26-11-6-7-16(4)19(26)24-17;/h6-7,11,13,15,18H,5,8-10,12,14H2,1-4H3,(H2,22,23,25);1H. The molecule has 3 heterocycles. The highest BCUT2D eigenvalue weighted by Crippen LogP contribution is 2.13. The van der Waals surface area contributed by atoms with E-state index >= 15 is 0 Å². The van der Waals surface area contributed by atoms with Crippen LogP contribution in [0, 0.1) is 12.8 Å². The van der Waals surface area contributed by atoms with E-state index in [0.29, 0.717) is 6.54 Å². The number of carbonyl (C=O) groups is 1. The Balaban J connectivity index is 0.00000300. The third kappa shape index (κ3) is 6.07. The molecule has 1 saturated heterocycles. The molecule has 0 saturated carbocycles. The second-order valence-corrected chi connectivity index (χ2v) is 7.73. The van der Waals surface area contributed by atoms with E-state index in [1.807, 2.05) is 31.0 Å². The molecule has 0 spiro atoms. The zero-order valence-electron chi connectivity index (χ0n) is 17.8. The van der Waals surface area contributed by atoms with Crippen LogP contribution < -0.4 is 10.6 Å². The number of hydrogen-bond donors (Lipinski definition) is 2. The van der Waals surface area contributed by atoms with Crippen LogP contribution in [0.25, 0.3) is 5.65 Å². The van der Waals surface area contributed by atoms with Gasteiger partial charge in [-0.15, -0.1) is 24.0 Å². The number of likely N-dealkylation sites (tertiary alicyclic amines) is 1. The molecule has 1 fully saturated rings. The lowest BCUT2D eigenvalue weighted by molar-refractivity contribution is -0.133. The summed E-state index contributed by atoms with van der Waals surface area (Å²) in [6.45, 7) is 11.1. The molecule has 0 bridgehead atoms. The summed E-state index contributed by atoms with van der Waals surface area (Å²) in [5.41, 5.74) is 3.23. The van der Waals surface area contributed by atoms with Crippen LogP contribution in [0.1, 0.15) is 38.4 Å². The molecule has 7 nitrogen and oxygen atoms in total. The summed E-state index contributed by atoms with van der Waals surface area (Å²) >= 11 is 0. The third-order valence-corrected chi connectivity index (χ3v) is 5.04.